The van der Waals surface area contributed by atoms with Crippen LogP contribution in [0, 0.1) is 0 Å². The van der Waals surface area contributed by atoms with Crippen molar-refractivity contribution < 1.29 is 9.47 Å². The summed E-state index contributed by atoms with van der Waals surface area (Å²) < 4.78 is 11.2. The molecule has 0 saturated carbocycles. The van der Waals surface area contributed by atoms with Crippen LogP contribution in [0.5, 0.6) is 5.75 Å². The van der Waals surface area contributed by atoms with E-state index >= 15 is 0 Å². The monoisotopic (exact) mass is 312 g/mol. The van der Waals surface area contributed by atoms with Crippen molar-refractivity contribution in [1.82, 2.24) is 0 Å². The number of rotatable bonds is 6. The zero-order valence-corrected chi connectivity index (χ0v) is 13.7. The van der Waals surface area contributed by atoms with Gasteiger partial charge in [-0.25, -0.2) is 0 Å². The first kappa shape index (κ1) is 15.1. The van der Waals surface area contributed by atoms with Gasteiger partial charge in [0.1, 0.15) is 5.75 Å². The number of hydrogen-bond acceptors (Lipinski definition) is 3. The number of methoxy groups -OCH3 is 1. The zero-order chi connectivity index (χ0) is 15.4. The molecule has 0 fully saturated rings. The highest BCUT2D eigenvalue weighted by molar-refractivity contribution is 7.09. The molecule has 0 spiro atoms. The fourth-order valence-electron chi connectivity index (χ4n) is 2.51. The number of thiophene rings is 1. The summed E-state index contributed by atoms with van der Waals surface area (Å²) in [5.41, 5.74) is 1.21. The maximum atomic E-state index is 5.98. The smallest absolute Gasteiger partial charge is 0.119 e. The van der Waals surface area contributed by atoms with E-state index in [-0.39, 0.29) is 6.10 Å². The molecule has 0 aliphatic heterocycles. The Labute approximate surface area is 135 Å². The number of fused-ring (bicyclic) bond motifs is 1. The average Bonchev–Trinajstić information content (AvgIpc) is 3.07. The summed E-state index contributed by atoms with van der Waals surface area (Å²) in [6.45, 7) is 2.86. The molecular weight excluding hydrogens is 292 g/mol. The Morgan fingerprint density at radius 2 is 1.86 bits per heavy atom. The largest absolute Gasteiger partial charge is 0.497 e. The van der Waals surface area contributed by atoms with Crippen LogP contribution in [0.15, 0.2) is 53.9 Å². The fourth-order valence-corrected chi connectivity index (χ4v) is 3.20. The minimum absolute atomic E-state index is 0.103. The topological polar surface area (TPSA) is 18.5 Å². The third-order valence-corrected chi connectivity index (χ3v) is 4.77. The van der Waals surface area contributed by atoms with Crippen LogP contribution in [0.1, 0.15) is 23.5 Å². The van der Waals surface area contributed by atoms with E-state index < -0.39 is 0 Å². The first-order chi connectivity index (χ1) is 10.8. The molecule has 114 valence electrons. The molecule has 0 radical (unpaired) electrons. The molecule has 0 bridgehead atoms. The summed E-state index contributed by atoms with van der Waals surface area (Å²) in [6, 6.07) is 16.9. The van der Waals surface area contributed by atoms with Crippen molar-refractivity contribution in [3.05, 3.63) is 64.4 Å². The number of hydrogen-bond donors (Lipinski definition) is 0. The summed E-state index contributed by atoms with van der Waals surface area (Å²) in [7, 11) is 1.69. The van der Waals surface area contributed by atoms with E-state index in [2.05, 4.69) is 54.8 Å². The second-order valence-corrected chi connectivity index (χ2v) is 6.35. The van der Waals surface area contributed by atoms with E-state index in [4.69, 9.17) is 9.47 Å². The van der Waals surface area contributed by atoms with Gasteiger partial charge in [0.15, 0.2) is 0 Å². The van der Waals surface area contributed by atoms with Gasteiger partial charge in [-0.2, -0.15) is 0 Å². The molecule has 3 aromatic rings. The molecule has 3 rings (SSSR count). The van der Waals surface area contributed by atoms with E-state index in [9.17, 15) is 0 Å². The SMILES string of the molecule is COc1ccc2cc(C(C)OCCc3cccs3)ccc2c1. The molecule has 1 unspecified atom stereocenters. The Hall–Kier alpha value is -1.84. The highest BCUT2D eigenvalue weighted by Gasteiger charge is 2.07. The van der Waals surface area contributed by atoms with Crippen LogP contribution >= 0.6 is 11.3 Å². The van der Waals surface area contributed by atoms with Gasteiger partial charge in [0.25, 0.3) is 0 Å². The summed E-state index contributed by atoms with van der Waals surface area (Å²) in [5, 5.41) is 4.51. The van der Waals surface area contributed by atoms with Gasteiger partial charge in [-0.1, -0.05) is 24.3 Å². The van der Waals surface area contributed by atoms with Gasteiger partial charge in [0.05, 0.1) is 19.8 Å². The molecule has 0 N–H and O–H groups in total. The van der Waals surface area contributed by atoms with Crippen LogP contribution in [0.4, 0.5) is 0 Å². The van der Waals surface area contributed by atoms with Crippen LogP contribution in [0.25, 0.3) is 10.8 Å². The molecular formula is C19H20O2S. The Morgan fingerprint density at radius 1 is 1.05 bits per heavy atom. The second-order valence-electron chi connectivity index (χ2n) is 5.31. The first-order valence-electron chi connectivity index (χ1n) is 7.48. The van der Waals surface area contributed by atoms with Crippen molar-refractivity contribution in [2.45, 2.75) is 19.4 Å². The highest BCUT2D eigenvalue weighted by atomic mass is 32.1. The van der Waals surface area contributed by atoms with Crippen LogP contribution in [-0.2, 0) is 11.2 Å². The van der Waals surface area contributed by atoms with E-state index in [1.807, 2.05) is 6.07 Å². The molecule has 0 aliphatic rings. The molecule has 3 heteroatoms. The van der Waals surface area contributed by atoms with Gasteiger partial charge in [-0.05, 0) is 52.9 Å². The van der Waals surface area contributed by atoms with E-state index in [1.54, 1.807) is 18.4 Å². The maximum Gasteiger partial charge on any atom is 0.119 e. The van der Waals surface area contributed by atoms with Gasteiger partial charge in [0, 0.05) is 11.3 Å². The fraction of sp³-hybridized carbons (Fsp3) is 0.263. The van der Waals surface area contributed by atoms with Gasteiger partial charge in [-0.3, -0.25) is 0 Å². The summed E-state index contributed by atoms with van der Waals surface area (Å²) >= 11 is 1.78. The highest BCUT2D eigenvalue weighted by Crippen LogP contribution is 2.25. The van der Waals surface area contributed by atoms with E-state index in [0.717, 1.165) is 18.8 Å². The predicted molar refractivity (Wildman–Crippen MR) is 92.9 cm³/mol. The third-order valence-electron chi connectivity index (χ3n) is 3.84. The standard InChI is InChI=1S/C19H20O2S/c1-14(21-10-9-19-4-3-11-22-19)15-5-6-17-13-18(20-2)8-7-16(17)12-15/h3-8,11-14H,9-10H2,1-2H3. The Bertz CT molecular complexity index is 734. The normalized spacial score (nSPS) is 12.5. The Kier molecular flexibility index (Phi) is 4.76. The van der Waals surface area contributed by atoms with Gasteiger partial charge in [-0.15, -0.1) is 11.3 Å². The third kappa shape index (κ3) is 3.49. The molecule has 2 aromatic carbocycles. The lowest BCUT2D eigenvalue weighted by molar-refractivity contribution is 0.0685. The second kappa shape index (κ2) is 6.95. The molecule has 1 heterocycles. The first-order valence-corrected chi connectivity index (χ1v) is 8.36. The lowest BCUT2D eigenvalue weighted by atomic mass is 10.0. The molecule has 22 heavy (non-hydrogen) atoms. The predicted octanol–water partition coefficient (Wildman–Crippen LogP) is 5.23. The molecule has 1 aromatic heterocycles. The lowest BCUT2D eigenvalue weighted by Gasteiger charge is -2.14. The minimum Gasteiger partial charge on any atom is -0.497 e. The molecule has 1 atom stereocenters. The zero-order valence-electron chi connectivity index (χ0n) is 12.9. The van der Waals surface area contributed by atoms with Crippen molar-refractivity contribution >= 4 is 22.1 Å². The van der Waals surface area contributed by atoms with E-state index in [0.29, 0.717) is 0 Å². The molecule has 0 saturated heterocycles. The van der Waals surface area contributed by atoms with Crippen molar-refractivity contribution in [3.63, 3.8) is 0 Å². The average molecular weight is 312 g/mol. The van der Waals surface area contributed by atoms with Crippen LogP contribution in [-0.4, -0.2) is 13.7 Å². The van der Waals surface area contributed by atoms with Crippen molar-refractivity contribution in [1.29, 1.82) is 0 Å². The van der Waals surface area contributed by atoms with Crippen LogP contribution in [0.3, 0.4) is 0 Å². The molecule has 0 aliphatic carbocycles. The van der Waals surface area contributed by atoms with Gasteiger partial charge in [0.2, 0.25) is 0 Å². The summed E-state index contributed by atoms with van der Waals surface area (Å²) in [4.78, 5) is 1.37. The quantitative estimate of drug-likeness (QED) is 0.620. The lowest BCUT2D eigenvalue weighted by Crippen LogP contribution is -2.03. The Morgan fingerprint density at radius 3 is 2.64 bits per heavy atom. The van der Waals surface area contributed by atoms with Gasteiger partial charge < -0.3 is 9.47 Å². The minimum atomic E-state index is 0.103. The number of ether oxygens (including phenoxy) is 2. The Balaban J connectivity index is 1.66. The van der Waals surface area contributed by atoms with E-state index in [1.165, 1.54) is 21.2 Å². The van der Waals surface area contributed by atoms with Crippen LogP contribution in [0.2, 0.25) is 0 Å². The summed E-state index contributed by atoms with van der Waals surface area (Å²) in [6.07, 6.45) is 1.08. The van der Waals surface area contributed by atoms with Gasteiger partial charge >= 0.3 is 0 Å². The molecule has 0 amide bonds. The van der Waals surface area contributed by atoms with Crippen molar-refractivity contribution in [2.75, 3.05) is 13.7 Å². The maximum absolute atomic E-state index is 5.98. The van der Waals surface area contributed by atoms with Crippen LogP contribution < -0.4 is 4.74 Å². The molecule has 2 nitrogen and oxygen atoms in total. The van der Waals surface area contributed by atoms with Crippen molar-refractivity contribution in [2.24, 2.45) is 0 Å². The van der Waals surface area contributed by atoms with Crippen molar-refractivity contribution in [3.8, 4) is 5.75 Å². The number of benzene rings is 2. The summed E-state index contributed by atoms with van der Waals surface area (Å²) in [5.74, 6) is 0.889.